The standard InChI is InChI=1S/C10H20NO/c11-10-6-4-9(5-7-10)3-1-2-8-12/h9-10H,1-8,11H2. The molecule has 71 valence electrons. The van der Waals surface area contributed by atoms with Gasteiger partial charge in [-0.1, -0.05) is 12.8 Å². The van der Waals surface area contributed by atoms with Crippen LogP contribution in [0.5, 0.6) is 0 Å². The summed E-state index contributed by atoms with van der Waals surface area (Å²) in [4.78, 5) is 0. The summed E-state index contributed by atoms with van der Waals surface area (Å²) in [6.45, 7) is 0.103. The molecule has 0 bridgehead atoms. The second-order valence-corrected chi connectivity index (χ2v) is 3.98. The highest BCUT2D eigenvalue weighted by molar-refractivity contribution is 4.73. The van der Waals surface area contributed by atoms with E-state index in [2.05, 4.69) is 0 Å². The van der Waals surface area contributed by atoms with E-state index < -0.39 is 0 Å². The molecule has 0 unspecified atom stereocenters. The fourth-order valence-electron chi connectivity index (χ4n) is 2.01. The van der Waals surface area contributed by atoms with Crippen LogP contribution in [0.4, 0.5) is 0 Å². The first-order valence-corrected chi connectivity index (χ1v) is 5.16. The number of nitrogens with two attached hydrogens (primary N) is 1. The van der Waals surface area contributed by atoms with Crippen molar-refractivity contribution in [3.8, 4) is 0 Å². The Morgan fingerprint density at radius 2 is 1.75 bits per heavy atom. The van der Waals surface area contributed by atoms with E-state index in [1.165, 1.54) is 32.1 Å². The summed E-state index contributed by atoms with van der Waals surface area (Å²) in [5.74, 6) is 0.872. The Morgan fingerprint density at radius 1 is 1.08 bits per heavy atom. The first-order chi connectivity index (χ1) is 5.83. The minimum atomic E-state index is 0.103. The predicted molar refractivity (Wildman–Crippen MR) is 49.3 cm³/mol. The van der Waals surface area contributed by atoms with Crippen molar-refractivity contribution >= 4 is 0 Å². The van der Waals surface area contributed by atoms with E-state index in [0.29, 0.717) is 6.04 Å². The van der Waals surface area contributed by atoms with E-state index in [4.69, 9.17) is 5.73 Å². The summed E-state index contributed by atoms with van der Waals surface area (Å²) in [5, 5.41) is 10.2. The smallest absolute Gasteiger partial charge is 0.0822 e. The van der Waals surface area contributed by atoms with Crippen LogP contribution in [0, 0.1) is 5.92 Å². The molecule has 12 heavy (non-hydrogen) atoms. The molecule has 0 aromatic heterocycles. The fraction of sp³-hybridized carbons (Fsp3) is 1.00. The maximum absolute atomic E-state index is 10.2. The van der Waals surface area contributed by atoms with Gasteiger partial charge in [0.25, 0.3) is 0 Å². The molecule has 2 nitrogen and oxygen atoms in total. The highest BCUT2D eigenvalue weighted by atomic mass is 16.2. The molecule has 1 aliphatic rings. The Kier molecular flexibility index (Phi) is 4.62. The minimum absolute atomic E-state index is 0.103. The van der Waals surface area contributed by atoms with Crippen LogP contribution in [0.1, 0.15) is 44.9 Å². The van der Waals surface area contributed by atoms with E-state index >= 15 is 0 Å². The van der Waals surface area contributed by atoms with E-state index in [1.54, 1.807) is 0 Å². The van der Waals surface area contributed by atoms with Crippen LogP contribution in [-0.2, 0) is 5.11 Å². The summed E-state index contributed by atoms with van der Waals surface area (Å²) in [6, 6.07) is 0.459. The van der Waals surface area contributed by atoms with Crippen LogP contribution in [0.3, 0.4) is 0 Å². The van der Waals surface area contributed by atoms with Crippen molar-refractivity contribution in [2.24, 2.45) is 11.7 Å². The second-order valence-electron chi connectivity index (χ2n) is 3.98. The van der Waals surface area contributed by atoms with Crippen LogP contribution in [0.25, 0.3) is 0 Å². The normalized spacial score (nSPS) is 30.5. The molecule has 0 atom stereocenters. The van der Waals surface area contributed by atoms with Crippen LogP contribution in [-0.4, -0.2) is 12.6 Å². The topological polar surface area (TPSA) is 45.9 Å². The van der Waals surface area contributed by atoms with Gasteiger partial charge in [0.15, 0.2) is 0 Å². The van der Waals surface area contributed by atoms with Gasteiger partial charge in [0.05, 0.1) is 6.61 Å². The Bertz CT molecular complexity index is 108. The SMILES string of the molecule is NC1CCC(CCCC[O])CC1. The molecule has 1 rings (SSSR count). The van der Waals surface area contributed by atoms with Crippen LogP contribution >= 0.6 is 0 Å². The van der Waals surface area contributed by atoms with Gasteiger partial charge >= 0.3 is 0 Å². The zero-order valence-electron chi connectivity index (χ0n) is 7.80. The van der Waals surface area contributed by atoms with Gasteiger partial charge in [0, 0.05) is 6.04 Å². The van der Waals surface area contributed by atoms with E-state index in [9.17, 15) is 5.11 Å². The molecule has 1 aliphatic carbocycles. The number of hydrogen-bond acceptors (Lipinski definition) is 1. The van der Waals surface area contributed by atoms with Crippen molar-refractivity contribution in [3.63, 3.8) is 0 Å². The first kappa shape index (κ1) is 10.0. The van der Waals surface area contributed by atoms with Gasteiger partial charge in [-0.25, -0.2) is 5.11 Å². The lowest BCUT2D eigenvalue weighted by Gasteiger charge is -2.25. The van der Waals surface area contributed by atoms with Crippen molar-refractivity contribution in [1.29, 1.82) is 0 Å². The Balaban J connectivity index is 2.01. The molecule has 2 heteroatoms. The minimum Gasteiger partial charge on any atom is -0.328 e. The summed E-state index contributed by atoms with van der Waals surface area (Å²) in [5.41, 5.74) is 5.80. The molecule has 0 saturated heterocycles. The molecule has 0 spiro atoms. The lowest BCUT2D eigenvalue weighted by molar-refractivity contribution is 0.181. The molecule has 1 saturated carbocycles. The van der Waals surface area contributed by atoms with Crippen molar-refractivity contribution in [1.82, 2.24) is 0 Å². The maximum Gasteiger partial charge on any atom is 0.0822 e. The molecule has 0 amide bonds. The van der Waals surface area contributed by atoms with E-state index in [1.807, 2.05) is 0 Å². The van der Waals surface area contributed by atoms with Crippen LogP contribution < -0.4 is 5.73 Å². The van der Waals surface area contributed by atoms with Crippen molar-refractivity contribution < 1.29 is 5.11 Å². The van der Waals surface area contributed by atoms with E-state index in [-0.39, 0.29) is 6.61 Å². The molecule has 2 N–H and O–H groups in total. The summed E-state index contributed by atoms with van der Waals surface area (Å²) < 4.78 is 0. The highest BCUT2D eigenvalue weighted by Gasteiger charge is 2.17. The third-order valence-corrected chi connectivity index (χ3v) is 2.90. The second kappa shape index (κ2) is 5.55. The summed E-state index contributed by atoms with van der Waals surface area (Å²) >= 11 is 0. The lowest BCUT2D eigenvalue weighted by atomic mass is 9.83. The Labute approximate surface area is 75.2 Å². The van der Waals surface area contributed by atoms with Gasteiger partial charge in [0.1, 0.15) is 0 Å². The number of rotatable bonds is 4. The monoisotopic (exact) mass is 170 g/mol. The average Bonchev–Trinajstić information content (AvgIpc) is 2.09. The molecule has 1 fully saturated rings. The number of hydrogen-bond donors (Lipinski definition) is 1. The molecule has 0 aromatic rings. The van der Waals surface area contributed by atoms with Gasteiger partial charge in [-0.2, -0.15) is 0 Å². The van der Waals surface area contributed by atoms with Crippen molar-refractivity contribution in [2.75, 3.05) is 6.61 Å². The predicted octanol–water partition coefficient (Wildman–Crippen LogP) is 2.10. The van der Waals surface area contributed by atoms with Gasteiger partial charge in [-0.3, -0.25) is 0 Å². The highest BCUT2D eigenvalue weighted by Crippen LogP contribution is 2.27. The molecule has 1 radical (unpaired) electrons. The van der Waals surface area contributed by atoms with Crippen LogP contribution in [0.15, 0.2) is 0 Å². The quantitative estimate of drug-likeness (QED) is 0.645. The third kappa shape index (κ3) is 3.55. The molecule has 0 heterocycles. The van der Waals surface area contributed by atoms with Crippen molar-refractivity contribution in [3.05, 3.63) is 0 Å². The fourth-order valence-corrected chi connectivity index (χ4v) is 2.01. The molecular weight excluding hydrogens is 150 g/mol. The average molecular weight is 170 g/mol. The van der Waals surface area contributed by atoms with Gasteiger partial charge in [0.2, 0.25) is 0 Å². The first-order valence-electron chi connectivity index (χ1n) is 5.16. The van der Waals surface area contributed by atoms with Crippen LogP contribution in [0.2, 0.25) is 0 Å². The van der Waals surface area contributed by atoms with Gasteiger partial charge in [-0.05, 0) is 38.0 Å². The largest absolute Gasteiger partial charge is 0.328 e. The molecular formula is C10H20NO. The van der Waals surface area contributed by atoms with E-state index in [0.717, 1.165) is 18.8 Å². The van der Waals surface area contributed by atoms with Crippen molar-refractivity contribution in [2.45, 2.75) is 51.0 Å². The lowest BCUT2D eigenvalue weighted by Crippen LogP contribution is -2.26. The van der Waals surface area contributed by atoms with Gasteiger partial charge in [-0.15, -0.1) is 0 Å². The zero-order valence-corrected chi connectivity index (χ0v) is 7.80. The molecule has 0 aliphatic heterocycles. The summed E-state index contributed by atoms with van der Waals surface area (Å²) in [6.07, 6.45) is 8.23. The Morgan fingerprint density at radius 3 is 2.33 bits per heavy atom. The number of unbranched alkanes of at least 4 members (excludes halogenated alkanes) is 1. The Hall–Kier alpha value is -0.0800. The maximum atomic E-state index is 10.2. The third-order valence-electron chi connectivity index (χ3n) is 2.90. The molecule has 0 aromatic carbocycles. The van der Waals surface area contributed by atoms with Gasteiger partial charge < -0.3 is 5.73 Å². The summed E-state index contributed by atoms with van der Waals surface area (Å²) in [7, 11) is 0. The zero-order chi connectivity index (χ0) is 8.81.